The first kappa shape index (κ1) is 13.8. The van der Waals surface area contributed by atoms with Gasteiger partial charge in [-0.3, -0.25) is 0 Å². The van der Waals surface area contributed by atoms with Crippen LogP contribution in [0.25, 0.3) is 11.0 Å². The molecule has 1 aromatic carbocycles. The maximum atomic E-state index is 5.71. The molecular weight excluding hydrogens is 298 g/mol. The lowest BCUT2D eigenvalue weighted by Gasteiger charge is -2.25. The van der Waals surface area contributed by atoms with E-state index in [-0.39, 0.29) is 0 Å². The number of benzene rings is 1. The molecule has 6 heteroatoms. The normalized spacial score (nSPS) is 17.5. The van der Waals surface area contributed by atoms with Gasteiger partial charge >= 0.3 is 0 Å². The highest BCUT2D eigenvalue weighted by atomic mass is 32.1. The zero-order valence-corrected chi connectivity index (χ0v) is 13.2. The van der Waals surface area contributed by atoms with Gasteiger partial charge in [-0.15, -0.1) is 0 Å². The van der Waals surface area contributed by atoms with E-state index in [9.17, 15) is 0 Å². The highest BCUT2D eigenvalue weighted by Gasteiger charge is 2.27. The van der Waals surface area contributed by atoms with Crippen LogP contribution in [0.2, 0.25) is 0 Å². The molecule has 0 atom stereocenters. The van der Waals surface area contributed by atoms with Crippen LogP contribution in [0, 0.1) is 0 Å². The molecule has 2 aliphatic rings. The smallest absolute Gasteiger partial charge is 0.163 e. The van der Waals surface area contributed by atoms with E-state index in [0.29, 0.717) is 30.5 Å². The minimum Gasteiger partial charge on any atom is -0.486 e. The summed E-state index contributed by atoms with van der Waals surface area (Å²) in [7, 11) is 0. The summed E-state index contributed by atoms with van der Waals surface area (Å²) in [5.74, 6) is 3.30. The number of hydrogen-bond acceptors (Lipinski definition) is 4. The van der Waals surface area contributed by atoms with Crippen LogP contribution in [0.15, 0.2) is 12.1 Å². The lowest BCUT2D eigenvalue weighted by molar-refractivity contribution is 0.172. The Morgan fingerprint density at radius 1 is 1.27 bits per heavy atom. The van der Waals surface area contributed by atoms with Crippen molar-refractivity contribution in [3.63, 3.8) is 0 Å². The van der Waals surface area contributed by atoms with Crippen LogP contribution in [0.1, 0.15) is 37.4 Å². The SMILES string of the molecule is NC(=S)CCn1c(C2CCC2)nc2cc3c(cc21)OCCO3. The Labute approximate surface area is 134 Å². The van der Waals surface area contributed by atoms with Crippen molar-refractivity contribution in [3.8, 4) is 11.5 Å². The van der Waals surface area contributed by atoms with Crippen LogP contribution in [-0.2, 0) is 6.54 Å². The number of fused-ring (bicyclic) bond motifs is 2. The molecule has 0 spiro atoms. The minimum absolute atomic E-state index is 0.541. The van der Waals surface area contributed by atoms with Gasteiger partial charge in [0, 0.05) is 31.0 Å². The number of nitrogens with zero attached hydrogens (tertiary/aromatic N) is 2. The Kier molecular flexibility index (Phi) is 3.41. The van der Waals surface area contributed by atoms with Crippen molar-refractivity contribution in [3.05, 3.63) is 18.0 Å². The Morgan fingerprint density at radius 3 is 2.64 bits per heavy atom. The highest BCUT2D eigenvalue weighted by Crippen LogP contribution is 2.40. The van der Waals surface area contributed by atoms with Crippen molar-refractivity contribution in [2.45, 2.75) is 38.1 Å². The molecule has 0 unspecified atom stereocenters. The fourth-order valence-corrected chi connectivity index (χ4v) is 3.21. The predicted octanol–water partition coefficient (Wildman–Crippen LogP) is 2.75. The molecular formula is C16H19N3O2S. The molecule has 5 nitrogen and oxygen atoms in total. The fraction of sp³-hybridized carbons (Fsp3) is 0.500. The lowest BCUT2D eigenvalue weighted by Crippen LogP contribution is -2.18. The van der Waals surface area contributed by atoms with Gasteiger partial charge in [-0.25, -0.2) is 4.98 Å². The molecule has 1 aliphatic carbocycles. The van der Waals surface area contributed by atoms with Gasteiger partial charge in [-0.1, -0.05) is 18.6 Å². The highest BCUT2D eigenvalue weighted by molar-refractivity contribution is 7.80. The molecule has 0 saturated heterocycles. The number of rotatable bonds is 4. The third kappa shape index (κ3) is 2.31. The van der Waals surface area contributed by atoms with Crippen molar-refractivity contribution in [1.29, 1.82) is 0 Å². The third-order valence-electron chi connectivity index (χ3n) is 4.49. The second-order valence-corrected chi connectivity index (χ2v) is 6.47. The summed E-state index contributed by atoms with van der Waals surface area (Å²) in [5.41, 5.74) is 7.74. The van der Waals surface area contributed by atoms with Crippen LogP contribution in [0.4, 0.5) is 0 Å². The van der Waals surface area contributed by atoms with Crippen molar-refractivity contribution >= 4 is 28.2 Å². The van der Waals surface area contributed by atoms with Crippen LogP contribution < -0.4 is 15.2 Å². The zero-order chi connectivity index (χ0) is 15.1. The Hall–Kier alpha value is -1.82. The van der Waals surface area contributed by atoms with Gasteiger partial charge in [-0.2, -0.15) is 0 Å². The van der Waals surface area contributed by atoms with E-state index in [0.717, 1.165) is 34.9 Å². The molecule has 2 N–H and O–H groups in total. The number of imidazole rings is 1. The quantitative estimate of drug-likeness (QED) is 0.879. The second-order valence-electron chi connectivity index (χ2n) is 5.95. The van der Waals surface area contributed by atoms with Crippen molar-refractivity contribution in [1.82, 2.24) is 9.55 Å². The van der Waals surface area contributed by atoms with Gasteiger partial charge < -0.3 is 19.8 Å². The van der Waals surface area contributed by atoms with E-state index in [1.54, 1.807) is 0 Å². The van der Waals surface area contributed by atoms with Crippen LogP contribution in [-0.4, -0.2) is 27.8 Å². The maximum Gasteiger partial charge on any atom is 0.163 e. The summed E-state index contributed by atoms with van der Waals surface area (Å²) >= 11 is 5.04. The lowest BCUT2D eigenvalue weighted by atomic mass is 9.85. The summed E-state index contributed by atoms with van der Waals surface area (Å²) < 4.78 is 13.6. The summed E-state index contributed by atoms with van der Waals surface area (Å²) in [6.45, 7) is 1.96. The van der Waals surface area contributed by atoms with Crippen LogP contribution in [0.5, 0.6) is 11.5 Å². The molecule has 0 amide bonds. The Balaban J connectivity index is 1.81. The van der Waals surface area contributed by atoms with Gasteiger partial charge in [0.25, 0.3) is 0 Å². The second kappa shape index (κ2) is 5.43. The van der Waals surface area contributed by atoms with Crippen LogP contribution >= 0.6 is 12.2 Å². The largest absolute Gasteiger partial charge is 0.486 e. The summed E-state index contributed by atoms with van der Waals surface area (Å²) in [5, 5.41) is 0. The minimum atomic E-state index is 0.541. The topological polar surface area (TPSA) is 62.3 Å². The first-order valence-electron chi connectivity index (χ1n) is 7.80. The summed E-state index contributed by atoms with van der Waals surface area (Å²) in [4.78, 5) is 5.40. The first-order valence-corrected chi connectivity index (χ1v) is 8.21. The number of nitrogens with two attached hydrogens (primary N) is 1. The third-order valence-corrected chi connectivity index (χ3v) is 4.70. The van der Waals surface area contributed by atoms with E-state index in [1.165, 1.54) is 19.3 Å². The molecule has 0 radical (unpaired) electrons. The van der Waals surface area contributed by atoms with Crippen molar-refractivity contribution in [2.24, 2.45) is 5.73 Å². The standard InChI is InChI=1S/C16H19N3O2S/c17-15(22)4-5-19-12-9-14-13(20-6-7-21-14)8-11(12)18-16(19)10-2-1-3-10/h8-10H,1-7H2,(H2,17,22). The first-order chi connectivity index (χ1) is 10.7. The van der Waals surface area contributed by atoms with E-state index in [1.807, 2.05) is 12.1 Å². The van der Waals surface area contributed by atoms with Gasteiger partial charge in [0.2, 0.25) is 0 Å². The Morgan fingerprint density at radius 2 is 2.00 bits per heavy atom. The fourth-order valence-electron chi connectivity index (χ4n) is 3.12. The molecule has 116 valence electrons. The number of aryl methyl sites for hydroxylation is 1. The van der Waals surface area contributed by atoms with E-state index < -0.39 is 0 Å². The van der Waals surface area contributed by atoms with E-state index in [4.69, 9.17) is 32.4 Å². The average Bonchev–Trinajstić information content (AvgIpc) is 2.78. The number of thiocarbonyl (C=S) groups is 1. The molecule has 0 bridgehead atoms. The van der Waals surface area contributed by atoms with Gasteiger partial charge in [0.15, 0.2) is 11.5 Å². The molecule has 2 aromatic rings. The zero-order valence-electron chi connectivity index (χ0n) is 12.4. The molecule has 22 heavy (non-hydrogen) atoms. The predicted molar refractivity (Wildman–Crippen MR) is 88.7 cm³/mol. The van der Waals surface area contributed by atoms with Crippen molar-refractivity contribution < 1.29 is 9.47 Å². The molecule has 4 rings (SSSR count). The molecule has 2 heterocycles. The molecule has 1 aliphatic heterocycles. The van der Waals surface area contributed by atoms with Gasteiger partial charge in [-0.05, 0) is 12.8 Å². The molecule has 1 saturated carbocycles. The van der Waals surface area contributed by atoms with E-state index in [2.05, 4.69) is 4.57 Å². The maximum absolute atomic E-state index is 5.71. The van der Waals surface area contributed by atoms with E-state index >= 15 is 0 Å². The molecule has 1 fully saturated rings. The Bertz CT molecular complexity index is 737. The monoisotopic (exact) mass is 317 g/mol. The summed E-state index contributed by atoms with van der Waals surface area (Å²) in [6.07, 6.45) is 4.40. The summed E-state index contributed by atoms with van der Waals surface area (Å²) in [6, 6.07) is 4.03. The van der Waals surface area contributed by atoms with Crippen LogP contribution in [0.3, 0.4) is 0 Å². The van der Waals surface area contributed by atoms with Crippen molar-refractivity contribution in [2.75, 3.05) is 13.2 Å². The van der Waals surface area contributed by atoms with Gasteiger partial charge in [0.1, 0.15) is 19.0 Å². The average molecular weight is 317 g/mol. The number of ether oxygens (including phenoxy) is 2. The molecule has 1 aromatic heterocycles. The number of hydrogen-bond donors (Lipinski definition) is 1. The number of aromatic nitrogens is 2. The van der Waals surface area contributed by atoms with Gasteiger partial charge in [0.05, 0.1) is 16.0 Å².